The molecule has 0 fully saturated rings. The van der Waals surface area contributed by atoms with Crippen LogP contribution >= 0.6 is 0 Å². The van der Waals surface area contributed by atoms with E-state index in [0.29, 0.717) is 11.3 Å². The Labute approximate surface area is 146 Å². The van der Waals surface area contributed by atoms with E-state index in [4.69, 9.17) is 8.53 Å². The summed E-state index contributed by atoms with van der Waals surface area (Å²) in [4.78, 5) is 6.59. The monoisotopic (exact) mass is 321 g/mol. The topological polar surface area (TPSA) is 33.1 Å². The van der Waals surface area contributed by atoms with Crippen LogP contribution in [0, 0.1) is 20.7 Å². The van der Waals surface area contributed by atoms with Crippen molar-refractivity contribution in [2.24, 2.45) is 7.05 Å². The Balaban J connectivity index is 1.92. The second-order valence-corrected chi connectivity index (χ2v) is 6.47. The van der Waals surface area contributed by atoms with Gasteiger partial charge in [-0.05, 0) is 57.7 Å². The third kappa shape index (κ3) is 2.15. The molecular weight excluding hydrogens is 297 g/mol. The molecule has 0 aliphatic carbocycles. The summed E-state index contributed by atoms with van der Waals surface area (Å²) in [6.45, 7) is 1.49. The lowest BCUT2D eigenvalue weighted by Crippen LogP contribution is -2.65. The summed E-state index contributed by atoms with van der Waals surface area (Å²) in [7, 11) is 3.86. The molecule has 4 heterocycles. The molecular formula is C19H21BN3O+. The fraction of sp³-hybridized carbons (Fsp3) is 0.263. The van der Waals surface area contributed by atoms with Gasteiger partial charge in [0.2, 0.25) is 5.71 Å². The summed E-state index contributed by atoms with van der Waals surface area (Å²) < 4.78 is 31.3. The Bertz CT molecular complexity index is 1090. The Hall–Kier alpha value is -2.56. The number of hydrogen-bond donors (Lipinski definition) is 0. The van der Waals surface area contributed by atoms with Crippen molar-refractivity contribution < 1.29 is 13.1 Å². The number of rotatable bonds is 1. The minimum absolute atomic E-state index is 0.158. The SMILES string of the molecule is [2H]C([2H])([2H])c1c[n+](C)c(B2c3oc4nc(C)ccc4c3C=CN2C)cc1C. The number of furan rings is 1. The minimum Gasteiger partial charge on any atom is -0.449 e. The first-order valence-corrected chi connectivity index (χ1v) is 7.97. The highest BCUT2D eigenvalue weighted by Crippen LogP contribution is 2.23. The average Bonchev–Trinajstić information content (AvgIpc) is 2.93. The van der Waals surface area contributed by atoms with Crippen LogP contribution in [-0.2, 0) is 7.05 Å². The molecule has 0 atom stereocenters. The van der Waals surface area contributed by atoms with Crippen LogP contribution in [0.5, 0.6) is 0 Å². The molecule has 0 saturated heterocycles. The zero-order valence-corrected chi connectivity index (χ0v) is 14.3. The van der Waals surface area contributed by atoms with Gasteiger partial charge in [0.25, 0.3) is 0 Å². The number of aromatic nitrogens is 2. The minimum atomic E-state index is -2.13. The highest BCUT2D eigenvalue weighted by Gasteiger charge is 2.40. The maximum atomic E-state index is 7.75. The van der Waals surface area contributed by atoms with Crippen molar-refractivity contribution >= 4 is 35.3 Å². The van der Waals surface area contributed by atoms with E-state index in [1.54, 1.807) is 6.20 Å². The molecule has 0 spiro atoms. The highest BCUT2D eigenvalue weighted by molar-refractivity contribution is 6.82. The van der Waals surface area contributed by atoms with Crippen LogP contribution in [0.3, 0.4) is 0 Å². The Kier molecular flexibility index (Phi) is 2.59. The highest BCUT2D eigenvalue weighted by atomic mass is 16.3. The van der Waals surface area contributed by atoms with Gasteiger partial charge < -0.3 is 9.23 Å². The molecule has 0 amide bonds. The first-order valence-electron chi connectivity index (χ1n) is 9.47. The van der Waals surface area contributed by atoms with E-state index in [-0.39, 0.29) is 6.85 Å². The van der Waals surface area contributed by atoms with Gasteiger partial charge in [-0.3, -0.25) is 0 Å². The Morgan fingerprint density at radius 2 is 2.12 bits per heavy atom. The van der Waals surface area contributed by atoms with E-state index in [0.717, 1.165) is 33.5 Å². The van der Waals surface area contributed by atoms with Crippen molar-refractivity contribution in [3.8, 4) is 0 Å². The van der Waals surface area contributed by atoms with E-state index in [1.165, 1.54) is 0 Å². The molecule has 120 valence electrons. The second-order valence-electron chi connectivity index (χ2n) is 6.47. The van der Waals surface area contributed by atoms with Crippen molar-refractivity contribution in [1.82, 2.24) is 9.79 Å². The molecule has 4 rings (SSSR count). The van der Waals surface area contributed by atoms with Crippen LogP contribution in [0.25, 0.3) is 17.2 Å². The van der Waals surface area contributed by atoms with Gasteiger partial charge >= 0.3 is 6.85 Å². The zero-order chi connectivity index (χ0) is 19.5. The van der Waals surface area contributed by atoms with E-state index in [9.17, 15) is 0 Å². The third-order valence-corrected chi connectivity index (χ3v) is 4.69. The number of fused-ring (bicyclic) bond motifs is 3. The molecule has 24 heavy (non-hydrogen) atoms. The fourth-order valence-corrected chi connectivity index (χ4v) is 3.33. The van der Waals surface area contributed by atoms with Crippen LogP contribution in [0.2, 0.25) is 0 Å². The summed E-state index contributed by atoms with van der Waals surface area (Å²) in [5.41, 5.74) is 5.46. The van der Waals surface area contributed by atoms with E-state index in [2.05, 4.69) is 9.79 Å². The summed E-state index contributed by atoms with van der Waals surface area (Å²) in [6.07, 6.45) is 5.77. The van der Waals surface area contributed by atoms with Gasteiger partial charge in [0.15, 0.2) is 11.8 Å². The molecule has 3 aromatic heterocycles. The molecule has 0 aromatic carbocycles. The van der Waals surface area contributed by atoms with Gasteiger partial charge in [0.05, 0.1) is 0 Å². The van der Waals surface area contributed by atoms with Crippen LogP contribution in [0.15, 0.2) is 35.0 Å². The summed E-state index contributed by atoms with van der Waals surface area (Å²) in [6, 6.07) is 5.96. The molecule has 0 radical (unpaired) electrons. The molecule has 1 aliphatic rings. The molecule has 0 N–H and O–H groups in total. The quantitative estimate of drug-likeness (QED) is 0.504. The average molecular weight is 321 g/mol. The fourth-order valence-electron chi connectivity index (χ4n) is 3.33. The van der Waals surface area contributed by atoms with Gasteiger partial charge in [-0.25, -0.2) is 9.55 Å². The molecule has 5 heteroatoms. The molecule has 1 aliphatic heterocycles. The normalized spacial score (nSPS) is 16.1. The van der Waals surface area contributed by atoms with E-state index in [1.807, 2.05) is 63.0 Å². The van der Waals surface area contributed by atoms with Gasteiger partial charge in [-0.15, -0.1) is 0 Å². The first kappa shape index (κ1) is 11.9. The van der Waals surface area contributed by atoms with Crippen molar-refractivity contribution in [1.29, 1.82) is 0 Å². The van der Waals surface area contributed by atoms with Crippen molar-refractivity contribution in [3.63, 3.8) is 0 Å². The maximum absolute atomic E-state index is 7.75. The number of aryl methyl sites for hydroxylation is 4. The molecule has 3 aromatic rings. The van der Waals surface area contributed by atoms with Crippen LogP contribution in [0.1, 0.15) is 26.5 Å². The van der Waals surface area contributed by atoms with Gasteiger partial charge in [-0.1, -0.05) is 0 Å². The second kappa shape index (κ2) is 5.23. The van der Waals surface area contributed by atoms with Crippen LogP contribution < -0.4 is 15.8 Å². The maximum Gasteiger partial charge on any atom is 0.443 e. The Morgan fingerprint density at radius 1 is 1.29 bits per heavy atom. The van der Waals surface area contributed by atoms with E-state index >= 15 is 0 Å². The third-order valence-electron chi connectivity index (χ3n) is 4.69. The number of hydrogen-bond acceptors (Lipinski definition) is 3. The Morgan fingerprint density at radius 3 is 2.92 bits per heavy atom. The van der Waals surface area contributed by atoms with E-state index < -0.39 is 6.85 Å². The van der Waals surface area contributed by atoms with Crippen molar-refractivity contribution in [2.45, 2.75) is 20.7 Å². The number of pyridine rings is 2. The van der Waals surface area contributed by atoms with Crippen LogP contribution in [-0.4, -0.2) is 23.7 Å². The first-order chi connectivity index (χ1) is 12.7. The summed E-state index contributed by atoms with van der Waals surface area (Å²) >= 11 is 0. The van der Waals surface area contributed by atoms with Gasteiger partial charge in [0, 0.05) is 32.4 Å². The predicted octanol–water partition coefficient (Wildman–Crippen LogP) is 1.60. The van der Waals surface area contributed by atoms with Gasteiger partial charge in [0.1, 0.15) is 12.7 Å². The largest absolute Gasteiger partial charge is 0.449 e. The van der Waals surface area contributed by atoms with Crippen LogP contribution in [0.4, 0.5) is 0 Å². The summed E-state index contributed by atoms with van der Waals surface area (Å²) in [5.74, 6) is 0. The lowest BCUT2D eigenvalue weighted by Gasteiger charge is -2.24. The standard InChI is InChI=1S/C19H21BN3O/c1-12-10-17(22(4)11-13(12)2)20-18-15(8-9-23(20)5)16-7-6-14(3)21-19(16)24-18/h6-11H,1-5H3/q+1/i2D3. The molecule has 0 unspecified atom stereocenters. The molecule has 0 bridgehead atoms. The lowest BCUT2D eigenvalue weighted by molar-refractivity contribution is -0.654. The van der Waals surface area contributed by atoms with Crippen molar-refractivity contribution in [3.05, 3.63) is 53.0 Å². The predicted molar refractivity (Wildman–Crippen MR) is 97.7 cm³/mol. The number of nitrogens with zero attached hydrogens (tertiary/aromatic N) is 3. The molecule has 4 nitrogen and oxygen atoms in total. The smallest absolute Gasteiger partial charge is 0.443 e. The lowest BCUT2D eigenvalue weighted by atomic mass is 9.52. The zero-order valence-electron chi connectivity index (χ0n) is 17.3. The van der Waals surface area contributed by atoms with Gasteiger partial charge in [-0.2, -0.15) is 0 Å². The summed E-state index contributed by atoms with van der Waals surface area (Å²) in [5, 5.41) is 0.989. The van der Waals surface area contributed by atoms with Crippen molar-refractivity contribution in [2.75, 3.05) is 7.05 Å². The molecule has 0 saturated carbocycles.